The first-order valence-corrected chi connectivity index (χ1v) is 6.68. The van der Waals surface area contributed by atoms with Gasteiger partial charge in [0.2, 0.25) is 0 Å². The molecule has 1 heterocycles. The molecule has 3 nitrogen and oxygen atoms in total. The zero-order chi connectivity index (χ0) is 12.3. The molecule has 1 aliphatic carbocycles. The van der Waals surface area contributed by atoms with E-state index < -0.39 is 0 Å². The van der Waals surface area contributed by atoms with E-state index in [0.29, 0.717) is 11.5 Å². The molecule has 1 aromatic heterocycles. The quantitative estimate of drug-likeness (QED) is 0.820. The van der Waals surface area contributed by atoms with Gasteiger partial charge < -0.3 is 5.32 Å². The fourth-order valence-electron chi connectivity index (χ4n) is 2.53. The largest absolute Gasteiger partial charge is 0.308 e. The molecule has 1 saturated carbocycles. The second kappa shape index (κ2) is 5.13. The van der Waals surface area contributed by atoms with Crippen LogP contribution in [0.3, 0.4) is 0 Å². The summed E-state index contributed by atoms with van der Waals surface area (Å²) in [5, 5.41) is 3.62. The molecule has 0 amide bonds. The molecule has 1 fully saturated rings. The molecule has 3 heteroatoms. The summed E-state index contributed by atoms with van der Waals surface area (Å²) in [6, 6.07) is 0.304. The lowest BCUT2D eigenvalue weighted by Gasteiger charge is -2.20. The van der Waals surface area contributed by atoms with Crippen LogP contribution in [-0.2, 0) is 0 Å². The molecule has 1 aliphatic rings. The lowest BCUT2D eigenvalue weighted by atomic mass is 10.00. The molecule has 0 bridgehead atoms. The predicted molar refractivity (Wildman–Crippen MR) is 69.8 cm³/mol. The lowest BCUT2D eigenvalue weighted by Crippen LogP contribution is -2.28. The third-order valence-electron chi connectivity index (χ3n) is 3.85. The van der Waals surface area contributed by atoms with E-state index >= 15 is 0 Å². The van der Waals surface area contributed by atoms with Crippen LogP contribution >= 0.6 is 0 Å². The van der Waals surface area contributed by atoms with Gasteiger partial charge in [0.25, 0.3) is 0 Å². The topological polar surface area (TPSA) is 37.8 Å². The van der Waals surface area contributed by atoms with Gasteiger partial charge in [-0.1, -0.05) is 13.3 Å². The number of aromatic nitrogens is 2. The van der Waals surface area contributed by atoms with Crippen LogP contribution in [0.2, 0.25) is 0 Å². The van der Waals surface area contributed by atoms with Crippen LogP contribution < -0.4 is 5.32 Å². The van der Waals surface area contributed by atoms with Crippen molar-refractivity contribution in [3.05, 3.63) is 23.8 Å². The Bertz CT molecular complexity index is 371. The van der Waals surface area contributed by atoms with Crippen molar-refractivity contribution in [1.82, 2.24) is 15.3 Å². The third kappa shape index (κ3) is 3.03. The first-order valence-electron chi connectivity index (χ1n) is 6.68. The first-order chi connectivity index (χ1) is 8.17. The SMILES string of the molecule is CCCC1(CNC(C)c2nccnc2C)CC1. The zero-order valence-corrected chi connectivity index (χ0v) is 11.2. The zero-order valence-electron chi connectivity index (χ0n) is 11.2. The summed E-state index contributed by atoms with van der Waals surface area (Å²) in [5.74, 6) is 0. The molecule has 94 valence electrons. The van der Waals surface area contributed by atoms with Crippen molar-refractivity contribution in [3.8, 4) is 0 Å². The molecule has 17 heavy (non-hydrogen) atoms. The van der Waals surface area contributed by atoms with Crippen LogP contribution in [0.4, 0.5) is 0 Å². The summed E-state index contributed by atoms with van der Waals surface area (Å²) in [4.78, 5) is 8.71. The minimum absolute atomic E-state index is 0.304. The van der Waals surface area contributed by atoms with Gasteiger partial charge in [0.15, 0.2) is 0 Å². The van der Waals surface area contributed by atoms with Crippen LogP contribution in [0.25, 0.3) is 0 Å². The van der Waals surface area contributed by atoms with Crippen molar-refractivity contribution in [2.24, 2.45) is 5.41 Å². The normalized spacial score (nSPS) is 19.0. The molecule has 0 saturated heterocycles. The van der Waals surface area contributed by atoms with E-state index in [4.69, 9.17) is 0 Å². The van der Waals surface area contributed by atoms with Gasteiger partial charge in [-0.25, -0.2) is 0 Å². The molecule has 0 radical (unpaired) electrons. The van der Waals surface area contributed by atoms with Gasteiger partial charge in [0.1, 0.15) is 0 Å². The van der Waals surface area contributed by atoms with E-state index in [1.54, 1.807) is 12.4 Å². The monoisotopic (exact) mass is 233 g/mol. The van der Waals surface area contributed by atoms with E-state index in [2.05, 4.69) is 29.1 Å². The Morgan fingerprint density at radius 3 is 2.65 bits per heavy atom. The number of nitrogens with one attached hydrogen (secondary N) is 1. The number of hydrogen-bond acceptors (Lipinski definition) is 3. The van der Waals surface area contributed by atoms with Crippen molar-refractivity contribution < 1.29 is 0 Å². The number of hydrogen-bond donors (Lipinski definition) is 1. The van der Waals surface area contributed by atoms with E-state index in [9.17, 15) is 0 Å². The summed E-state index contributed by atoms with van der Waals surface area (Å²) in [7, 11) is 0. The van der Waals surface area contributed by atoms with Crippen LogP contribution in [-0.4, -0.2) is 16.5 Å². The molecule has 1 unspecified atom stereocenters. The Labute approximate surface area is 104 Å². The number of nitrogens with zero attached hydrogens (tertiary/aromatic N) is 2. The summed E-state index contributed by atoms with van der Waals surface area (Å²) < 4.78 is 0. The van der Waals surface area contributed by atoms with Crippen molar-refractivity contribution in [1.29, 1.82) is 0 Å². The molecule has 1 aromatic rings. The molecule has 0 aromatic carbocycles. The van der Waals surface area contributed by atoms with Gasteiger partial charge >= 0.3 is 0 Å². The Morgan fingerprint density at radius 1 is 1.35 bits per heavy atom. The van der Waals surface area contributed by atoms with E-state index in [-0.39, 0.29) is 0 Å². The third-order valence-corrected chi connectivity index (χ3v) is 3.85. The molecular weight excluding hydrogens is 210 g/mol. The van der Waals surface area contributed by atoms with Crippen LogP contribution in [0.5, 0.6) is 0 Å². The van der Waals surface area contributed by atoms with Crippen molar-refractivity contribution >= 4 is 0 Å². The van der Waals surface area contributed by atoms with Gasteiger partial charge in [-0.15, -0.1) is 0 Å². The summed E-state index contributed by atoms with van der Waals surface area (Å²) in [5.41, 5.74) is 2.71. The second-order valence-corrected chi connectivity index (χ2v) is 5.38. The number of aryl methyl sites for hydroxylation is 1. The average molecular weight is 233 g/mol. The maximum Gasteiger partial charge on any atom is 0.0782 e. The molecule has 2 rings (SSSR count). The minimum atomic E-state index is 0.304. The fraction of sp³-hybridized carbons (Fsp3) is 0.714. The smallest absolute Gasteiger partial charge is 0.0782 e. The van der Waals surface area contributed by atoms with Gasteiger partial charge in [-0.2, -0.15) is 0 Å². The van der Waals surface area contributed by atoms with Gasteiger partial charge in [0, 0.05) is 25.0 Å². The minimum Gasteiger partial charge on any atom is -0.308 e. The Hall–Kier alpha value is -0.960. The van der Waals surface area contributed by atoms with Gasteiger partial charge in [0.05, 0.1) is 11.4 Å². The molecular formula is C14H23N3. The Morgan fingerprint density at radius 2 is 2.06 bits per heavy atom. The molecule has 0 aliphatic heterocycles. The van der Waals surface area contributed by atoms with Gasteiger partial charge in [-0.05, 0) is 38.5 Å². The van der Waals surface area contributed by atoms with Crippen LogP contribution in [0.1, 0.15) is 57.0 Å². The highest BCUT2D eigenvalue weighted by Crippen LogP contribution is 2.49. The average Bonchev–Trinajstić information content (AvgIpc) is 3.08. The van der Waals surface area contributed by atoms with Crippen molar-refractivity contribution in [2.45, 2.75) is 52.5 Å². The fourth-order valence-corrected chi connectivity index (χ4v) is 2.53. The first kappa shape index (κ1) is 12.5. The maximum atomic E-state index is 4.42. The lowest BCUT2D eigenvalue weighted by molar-refractivity contribution is 0.394. The summed E-state index contributed by atoms with van der Waals surface area (Å²) in [6.45, 7) is 7.60. The highest BCUT2D eigenvalue weighted by atomic mass is 15.0. The van der Waals surface area contributed by atoms with Crippen molar-refractivity contribution in [2.75, 3.05) is 6.54 Å². The molecule has 1 N–H and O–H groups in total. The Balaban J connectivity index is 1.90. The van der Waals surface area contributed by atoms with E-state index in [1.807, 2.05) is 6.92 Å². The van der Waals surface area contributed by atoms with E-state index in [1.165, 1.54) is 25.7 Å². The summed E-state index contributed by atoms with van der Waals surface area (Å²) >= 11 is 0. The maximum absolute atomic E-state index is 4.42. The highest BCUT2D eigenvalue weighted by Gasteiger charge is 2.41. The molecule has 1 atom stereocenters. The van der Waals surface area contributed by atoms with Gasteiger partial charge in [-0.3, -0.25) is 9.97 Å². The second-order valence-electron chi connectivity index (χ2n) is 5.38. The Kier molecular flexibility index (Phi) is 3.77. The molecule has 0 spiro atoms. The predicted octanol–water partition coefficient (Wildman–Crippen LogP) is 3.02. The van der Waals surface area contributed by atoms with Crippen LogP contribution in [0.15, 0.2) is 12.4 Å². The standard InChI is InChI=1S/C14H23N3/c1-4-5-14(6-7-14)10-17-12(3)13-11(2)15-8-9-16-13/h8-9,12,17H,4-7,10H2,1-3H3. The summed E-state index contributed by atoms with van der Waals surface area (Å²) in [6.07, 6.45) is 8.96. The van der Waals surface area contributed by atoms with Crippen molar-refractivity contribution in [3.63, 3.8) is 0 Å². The highest BCUT2D eigenvalue weighted by molar-refractivity contribution is 5.12. The van der Waals surface area contributed by atoms with Crippen LogP contribution in [0, 0.1) is 12.3 Å². The van der Waals surface area contributed by atoms with E-state index in [0.717, 1.165) is 17.9 Å². The number of rotatable bonds is 6.